The predicted molar refractivity (Wildman–Crippen MR) is 75.2 cm³/mol. The Balaban J connectivity index is 1.72. The lowest BCUT2D eigenvalue weighted by Crippen LogP contribution is -2.44. The first-order chi connectivity index (χ1) is 9.31. The molecule has 0 spiro atoms. The first kappa shape index (κ1) is 14.4. The lowest BCUT2D eigenvalue weighted by Gasteiger charge is -2.18. The Morgan fingerprint density at radius 2 is 2.42 bits per heavy atom. The summed E-state index contributed by atoms with van der Waals surface area (Å²) in [6.07, 6.45) is 3.65. The summed E-state index contributed by atoms with van der Waals surface area (Å²) in [5, 5.41) is 9.36. The van der Waals surface area contributed by atoms with Crippen molar-refractivity contribution in [3.05, 3.63) is 16.6 Å². The predicted octanol–water partition coefficient (Wildman–Crippen LogP) is 0.816. The molecule has 1 amide bonds. The molecule has 1 aliphatic heterocycles. The lowest BCUT2D eigenvalue weighted by atomic mass is 10.0. The molecule has 2 heterocycles. The molecule has 6 heteroatoms. The van der Waals surface area contributed by atoms with Crippen LogP contribution in [0.4, 0.5) is 0 Å². The van der Waals surface area contributed by atoms with E-state index in [0.29, 0.717) is 19.8 Å². The van der Waals surface area contributed by atoms with Crippen molar-refractivity contribution in [3.8, 4) is 0 Å². The average Bonchev–Trinajstić information content (AvgIpc) is 3.07. The Bertz CT molecular complexity index is 383. The van der Waals surface area contributed by atoms with Gasteiger partial charge in [0, 0.05) is 30.6 Å². The van der Waals surface area contributed by atoms with Gasteiger partial charge in [0.05, 0.1) is 24.1 Å². The number of hydrogen-bond donors (Lipinski definition) is 2. The maximum atomic E-state index is 12.1. The Morgan fingerprint density at radius 1 is 1.53 bits per heavy atom. The van der Waals surface area contributed by atoms with Gasteiger partial charge in [-0.25, -0.2) is 4.98 Å². The van der Waals surface area contributed by atoms with Crippen LogP contribution in [0.15, 0.2) is 11.6 Å². The maximum Gasteiger partial charge on any atom is 0.227 e. The van der Waals surface area contributed by atoms with Crippen molar-refractivity contribution in [1.29, 1.82) is 0 Å². The molecular formula is C13H21N3O2S. The van der Waals surface area contributed by atoms with Crippen LogP contribution in [0.25, 0.3) is 0 Å². The van der Waals surface area contributed by atoms with Gasteiger partial charge in [-0.05, 0) is 13.0 Å². The molecule has 19 heavy (non-hydrogen) atoms. The van der Waals surface area contributed by atoms with E-state index in [9.17, 15) is 4.79 Å². The summed E-state index contributed by atoms with van der Waals surface area (Å²) < 4.78 is 5.41. The van der Waals surface area contributed by atoms with E-state index in [-0.39, 0.29) is 17.9 Å². The molecule has 2 N–H and O–H groups in total. The Labute approximate surface area is 117 Å². The van der Waals surface area contributed by atoms with Gasteiger partial charge in [-0.2, -0.15) is 0 Å². The van der Waals surface area contributed by atoms with Crippen LogP contribution in [0.1, 0.15) is 18.4 Å². The minimum Gasteiger partial charge on any atom is -0.379 e. The second kappa shape index (κ2) is 7.57. The normalized spacial score (nSPS) is 22.6. The lowest BCUT2D eigenvalue weighted by molar-refractivity contribution is -0.125. The molecule has 5 nitrogen and oxygen atoms in total. The van der Waals surface area contributed by atoms with Crippen LogP contribution in [-0.2, 0) is 16.0 Å². The first-order valence-corrected chi connectivity index (χ1v) is 7.66. The molecule has 0 saturated carbocycles. The Morgan fingerprint density at radius 3 is 3.16 bits per heavy atom. The van der Waals surface area contributed by atoms with Crippen molar-refractivity contribution in [3.63, 3.8) is 0 Å². The minimum absolute atomic E-state index is 0.0668. The summed E-state index contributed by atoms with van der Waals surface area (Å²) in [5.41, 5.74) is 0. The maximum absolute atomic E-state index is 12.1. The van der Waals surface area contributed by atoms with Gasteiger partial charge in [-0.1, -0.05) is 6.92 Å². The number of hydrogen-bond acceptors (Lipinski definition) is 5. The number of thiazole rings is 1. The number of nitrogens with zero attached hydrogens (tertiary/aromatic N) is 1. The average molecular weight is 283 g/mol. The quantitative estimate of drug-likeness (QED) is 0.777. The summed E-state index contributed by atoms with van der Waals surface area (Å²) in [6.45, 7) is 4.83. The Hall–Kier alpha value is -0.980. The van der Waals surface area contributed by atoms with Crippen molar-refractivity contribution < 1.29 is 9.53 Å². The SMILES string of the molecule is CCCNC1COCC1C(=O)NCCc1nccs1. The molecule has 2 unspecified atom stereocenters. The van der Waals surface area contributed by atoms with E-state index in [0.717, 1.165) is 24.4 Å². The van der Waals surface area contributed by atoms with E-state index >= 15 is 0 Å². The van der Waals surface area contributed by atoms with Gasteiger partial charge in [0.2, 0.25) is 5.91 Å². The molecule has 0 radical (unpaired) electrons. The summed E-state index contributed by atoms with van der Waals surface area (Å²) in [6, 6.07) is 0.153. The summed E-state index contributed by atoms with van der Waals surface area (Å²) >= 11 is 1.62. The van der Waals surface area contributed by atoms with Gasteiger partial charge in [0.15, 0.2) is 0 Å². The monoisotopic (exact) mass is 283 g/mol. The zero-order chi connectivity index (χ0) is 13.5. The van der Waals surface area contributed by atoms with Gasteiger partial charge >= 0.3 is 0 Å². The number of rotatable bonds is 7. The van der Waals surface area contributed by atoms with Crippen molar-refractivity contribution in [2.45, 2.75) is 25.8 Å². The van der Waals surface area contributed by atoms with Crippen LogP contribution in [0.5, 0.6) is 0 Å². The zero-order valence-electron chi connectivity index (χ0n) is 11.2. The number of aromatic nitrogens is 1. The number of carbonyl (C=O) groups is 1. The molecule has 0 aromatic carbocycles. The highest BCUT2D eigenvalue weighted by molar-refractivity contribution is 7.09. The molecule has 0 bridgehead atoms. The molecular weight excluding hydrogens is 262 g/mol. The van der Waals surface area contributed by atoms with Crippen LogP contribution in [0.3, 0.4) is 0 Å². The van der Waals surface area contributed by atoms with E-state index in [2.05, 4.69) is 22.5 Å². The number of amides is 1. The van der Waals surface area contributed by atoms with Crippen LogP contribution in [0, 0.1) is 5.92 Å². The van der Waals surface area contributed by atoms with Gasteiger partial charge in [0.1, 0.15) is 0 Å². The minimum atomic E-state index is -0.0668. The van der Waals surface area contributed by atoms with Crippen molar-refractivity contribution >= 4 is 17.2 Å². The van der Waals surface area contributed by atoms with E-state index in [1.54, 1.807) is 17.5 Å². The fraction of sp³-hybridized carbons (Fsp3) is 0.692. The van der Waals surface area contributed by atoms with Crippen LogP contribution >= 0.6 is 11.3 Å². The van der Waals surface area contributed by atoms with E-state index in [1.165, 1.54) is 0 Å². The topological polar surface area (TPSA) is 63.2 Å². The highest BCUT2D eigenvalue weighted by Crippen LogP contribution is 2.14. The van der Waals surface area contributed by atoms with Crippen LogP contribution < -0.4 is 10.6 Å². The van der Waals surface area contributed by atoms with Crippen molar-refractivity contribution in [2.75, 3.05) is 26.3 Å². The summed E-state index contributed by atoms with van der Waals surface area (Å²) in [5.74, 6) is 0.0190. The molecule has 0 aliphatic carbocycles. The van der Waals surface area contributed by atoms with Crippen LogP contribution in [-0.4, -0.2) is 43.2 Å². The molecule has 1 aromatic rings. The number of nitrogens with one attached hydrogen (secondary N) is 2. The van der Waals surface area contributed by atoms with E-state index in [1.807, 2.05) is 5.38 Å². The number of ether oxygens (including phenoxy) is 1. The third-order valence-corrected chi connectivity index (χ3v) is 4.03. The van der Waals surface area contributed by atoms with Gasteiger partial charge < -0.3 is 15.4 Å². The van der Waals surface area contributed by atoms with Crippen molar-refractivity contribution in [1.82, 2.24) is 15.6 Å². The smallest absolute Gasteiger partial charge is 0.227 e. The molecule has 2 rings (SSSR count). The Kier molecular flexibility index (Phi) is 5.75. The molecule has 1 aromatic heterocycles. The third kappa shape index (κ3) is 4.26. The highest BCUT2D eigenvalue weighted by atomic mass is 32.1. The molecule has 1 saturated heterocycles. The van der Waals surface area contributed by atoms with Crippen LogP contribution in [0.2, 0.25) is 0 Å². The molecule has 2 atom stereocenters. The molecule has 106 valence electrons. The van der Waals surface area contributed by atoms with E-state index in [4.69, 9.17) is 4.74 Å². The second-order valence-electron chi connectivity index (χ2n) is 4.67. The van der Waals surface area contributed by atoms with Crippen molar-refractivity contribution in [2.24, 2.45) is 5.92 Å². The summed E-state index contributed by atoms with van der Waals surface area (Å²) in [4.78, 5) is 16.3. The van der Waals surface area contributed by atoms with Gasteiger partial charge in [0.25, 0.3) is 0 Å². The largest absolute Gasteiger partial charge is 0.379 e. The third-order valence-electron chi connectivity index (χ3n) is 3.20. The summed E-state index contributed by atoms with van der Waals surface area (Å²) in [7, 11) is 0. The van der Waals surface area contributed by atoms with E-state index < -0.39 is 0 Å². The number of carbonyl (C=O) groups excluding carboxylic acids is 1. The fourth-order valence-corrected chi connectivity index (χ4v) is 2.76. The molecule has 1 aliphatic rings. The molecule has 1 fully saturated rings. The zero-order valence-corrected chi connectivity index (χ0v) is 12.0. The van der Waals surface area contributed by atoms with Gasteiger partial charge in [-0.3, -0.25) is 4.79 Å². The second-order valence-corrected chi connectivity index (χ2v) is 5.65. The first-order valence-electron chi connectivity index (χ1n) is 6.78. The van der Waals surface area contributed by atoms with Gasteiger partial charge in [-0.15, -0.1) is 11.3 Å². The fourth-order valence-electron chi connectivity index (χ4n) is 2.14. The highest BCUT2D eigenvalue weighted by Gasteiger charge is 2.33. The standard InChI is InChI=1S/C13H21N3O2S/c1-2-4-14-11-9-18-8-10(11)13(17)16-5-3-12-15-6-7-19-12/h6-7,10-11,14H,2-5,8-9H2,1H3,(H,16,17).